The molecule has 0 spiro atoms. The van der Waals surface area contributed by atoms with Crippen LogP contribution >= 0.6 is 23.5 Å². The van der Waals surface area contributed by atoms with Gasteiger partial charge in [-0.05, 0) is 58.7 Å². The van der Waals surface area contributed by atoms with E-state index in [1.807, 2.05) is 42.5 Å². The van der Waals surface area contributed by atoms with Crippen molar-refractivity contribution in [3.63, 3.8) is 0 Å². The third-order valence-electron chi connectivity index (χ3n) is 9.06. The van der Waals surface area contributed by atoms with Gasteiger partial charge in [0.05, 0.1) is 5.75 Å². The molecule has 270 valence electrons. The predicted molar refractivity (Wildman–Crippen MR) is 196 cm³/mol. The third-order valence-corrected chi connectivity index (χ3v) is 11.4. The van der Waals surface area contributed by atoms with Gasteiger partial charge in [-0.2, -0.15) is 4.57 Å². The highest BCUT2D eigenvalue weighted by atomic mass is 32.2. The lowest BCUT2D eigenvalue weighted by Crippen LogP contribution is -2.70. The summed E-state index contributed by atoms with van der Waals surface area (Å²) < 4.78 is 15.2. The van der Waals surface area contributed by atoms with Gasteiger partial charge in [0.2, 0.25) is 18.4 Å². The molecule has 4 N–H and O–H groups in total. The van der Waals surface area contributed by atoms with Gasteiger partial charge in [0.15, 0.2) is 24.0 Å². The smallest absolute Gasteiger partial charge is 0.352 e. The standard InChI is InChI=1S/C38H32FN5O7S2/c39-29-17-27(6-8-30(29)45)40-31(46)19-42-12-9-22(10-13-42)18-43-14-11-25(35(43)48)15-26-20-53-37-33(36(49)44(37)34(26)38(50)51)41-32(47)21-52-28-7-5-23-3-1-2-4-24(23)16-28/h1-10,12-13,15-17,33,37H,11,14,18-21H2,(H3-,40,41,45,46,47,50,51)/p+1/b25-15+/t33-,37-/m1/s1. The van der Waals surface area contributed by atoms with Gasteiger partial charge in [0, 0.05) is 53.2 Å². The van der Waals surface area contributed by atoms with E-state index in [-0.39, 0.29) is 41.2 Å². The first-order valence-corrected chi connectivity index (χ1v) is 18.7. The number of benzene rings is 3. The van der Waals surface area contributed by atoms with Crippen LogP contribution in [-0.2, 0) is 37.1 Å². The Labute approximate surface area is 311 Å². The van der Waals surface area contributed by atoms with Gasteiger partial charge in [0.25, 0.3) is 11.8 Å². The maximum atomic E-state index is 13.6. The van der Waals surface area contributed by atoms with E-state index < -0.39 is 40.8 Å². The van der Waals surface area contributed by atoms with Gasteiger partial charge < -0.3 is 25.7 Å². The Kier molecular flexibility index (Phi) is 10.2. The fourth-order valence-corrected chi connectivity index (χ4v) is 8.47. The number of rotatable bonds is 11. The van der Waals surface area contributed by atoms with Crippen molar-refractivity contribution in [2.24, 2.45) is 0 Å². The highest BCUT2D eigenvalue weighted by Crippen LogP contribution is 2.41. The molecule has 0 unspecified atom stereocenters. The summed E-state index contributed by atoms with van der Waals surface area (Å²) in [5, 5.41) is 26.4. The van der Waals surface area contributed by atoms with Crippen molar-refractivity contribution < 1.29 is 43.1 Å². The van der Waals surface area contributed by atoms with Crippen LogP contribution in [0.25, 0.3) is 10.8 Å². The van der Waals surface area contributed by atoms with Crippen molar-refractivity contribution in [3.05, 3.63) is 119 Å². The molecule has 7 rings (SSSR count). The number of nitrogens with zero attached hydrogens (tertiary/aromatic N) is 3. The summed E-state index contributed by atoms with van der Waals surface area (Å²) in [6.07, 6.45) is 5.35. The third kappa shape index (κ3) is 7.76. The molecule has 4 heterocycles. The number of hydrogen-bond acceptors (Lipinski definition) is 8. The van der Waals surface area contributed by atoms with Crippen molar-refractivity contribution in [1.29, 1.82) is 0 Å². The molecule has 4 aromatic rings. The number of allylic oxidation sites excluding steroid dienone is 1. The van der Waals surface area contributed by atoms with Crippen molar-refractivity contribution in [1.82, 2.24) is 15.1 Å². The van der Waals surface area contributed by atoms with E-state index in [1.54, 1.807) is 40.1 Å². The largest absolute Gasteiger partial charge is 0.505 e. The Morgan fingerprint density at radius 1 is 1.00 bits per heavy atom. The number of nitrogens with one attached hydrogen (secondary N) is 2. The second-order valence-corrected chi connectivity index (χ2v) is 14.8. The minimum absolute atomic E-state index is 0.0457. The number of aromatic hydroxyl groups is 1. The number of hydrogen-bond donors (Lipinski definition) is 4. The molecular weight excluding hydrogens is 722 g/mol. The van der Waals surface area contributed by atoms with Crippen LogP contribution in [0, 0.1) is 5.82 Å². The molecular formula is C38H33FN5O7S2+. The zero-order chi connectivity index (χ0) is 37.2. The Morgan fingerprint density at radius 2 is 1.77 bits per heavy atom. The number of carbonyl (C=O) groups is 5. The van der Waals surface area contributed by atoms with Gasteiger partial charge in [-0.25, -0.2) is 9.18 Å². The fourth-order valence-electron chi connectivity index (χ4n) is 6.41. The predicted octanol–water partition coefficient (Wildman–Crippen LogP) is 3.80. The topological polar surface area (TPSA) is 160 Å². The molecule has 0 radical (unpaired) electrons. The summed E-state index contributed by atoms with van der Waals surface area (Å²) in [4.78, 5) is 68.0. The second-order valence-electron chi connectivity index (χ2n) is 12.7. The number of aromatic nitrogens is 1. The Morgan fingerprint density at radius 3 is 2.53 bits per heavy atom. The normalized spacial score (nSPS) is 19.0. The molecule has 3 aliphatic rings. The first-order valence-electron chi connectivity index (χ1n) is 16.6. The van der Waals surface area contributed by atoms with Crippen molar-refractivity contribution in [3.8, 4) is 5.75 Å². The molecule has 3 aliphatic heterocycles. The van der Waals surface area contributed by atoms with E-state index in [4.69, 9.17) is 0 Å². The molecule has 0 bridgehead atoms. The number of halogens is 1. The van der Waals surface area contributed by atoms with Crippen LogP contribution in [0.4, 0.5) is 10.1 Å². The summed E-state index contributed by atoms with van der Waals surface area (Å²) >= 11 is 2.70. The number of amides is 4. The van der Waals surface area contributed by atoms with Crippen LogP contribution in [0.2, 0.25) is 0 Å². The number of phenolic OH excluding ortho intramolecular Hbond substituents is 1. The van der Waals surface area contributed by atoms with Crippen LogP contribution < -0.4 is 15.2 Å². The number of carboxylic acids is 1. The number of thioether (sulfide) groups is 2. The first-order chi connectivity index (χ1) is 25.5. The van der Waals surface area contributed by atoms with Crippen LogP contribution in [0.5, 0.6) is 5.75 Å². The monoisotopic (exact) mass is 754 g/mol. The maximum absolute atomic E-state index is 13.6. The highest BCUT2D eigenvalue weighted by molar-refractivity contribution is 8.00. The summed E-state index contributed by atoms with van der Waals surface area (Å²) in [5.74, 6) is -3.75. The Balaban J connectivity index is 0.937. The zero-order valence-corrected chi connectivity index (χ0v) is 29.7. The zero-order valence-electron chi connectivity index (χ0n) is 28.0. The summed E-state index contributed by atoms with van der Waals surface area (Å²) in [7, 11) is 0. The number of aliphatic carboxylic acids is 1. The van der Waals surface area contributed by atoms with E-state index in [1.165, 1.54) is 34.5 Å². The van der Waals surface area contributed by atoms with Gasteiger partial charge in [-0.15, -0.1) is 23.5 Å². The number of carbonyl (C=O) groups excluding carboxylic acids is 4. The Hall–Kier alpha value is -5.67. The summed E-state index contributed by atoms with van der Waals surface area (Å²) in [6, 6.07) is 20.1. The average Bonchev–Trinajstić information content (AvgIpc) is 3.48. The lowest BCUT2D eigenvalue weighted by atomic mass is 10.0. The molecule has 12 nitrogen and oxygen atoms in total. The van der Waals surface area contributed by atoms with E-state index >= 15 is 0 Å². The van der Waals surface area contributed by atoms with Crippen LogP contribution in [0.15, 0.2) is 113 Å². The number of anilines is 1. The summed E-state index contributed by atoms with van der Waals surface area (Å²) in [5.41, 5.74) is 1.65. The first kappa shape index (κ1) is 35.7. The molecule has 3 aromatic carbocycles. The lowest BCUT2D eigenvalue weighted by Gasteiger charge is -2.49. The molecule has 0 aliphatic carbocycles. The van der Waals surface area contributed by atoms with Crippen LogP contribution in [0.1, 0.15) is 12.0 Å². The second kappa shape index (κ2) is 15.1. The number of phenols is 1. The molecule has 2 atom stereocenters. The minimum Gasteiger partial charge on any atom is -0.505 e. The molecule has 0 saturated carbocycles. The van der Waals surface area contributed by atoms with E-state index in [0.717, 1.165) is 33.4 Å². The van der Waals surface area contributed by atoms with Crippen molar-refractivity contribution in [2.45, 2.75) is 35.8 Å². The highest BCUT2D eigenvalue weighted by Gasteiger charge is 2.54. The molecule has 2 fully saturated rings. The van der Waals surface area contributed by atoms with Gasteiger partial charge >= 0.3 is 5.97 Å². The lowest BCUT2D eigenvalue weighted by molar-refractivity contribution is -0.684. The molecule has 4 amide bonds. The number of fused-ring (bicyclic) bond motifs is 2. The van der Waals surface area contributed by atoms with Crippen LogP contribution in [0.3, 0.4) is 0 Å². The quantitative estimate of drug-likeness (QED) is 0.0588. The number of carboxylic acid groups (broad SMARTS) is 1. The number of pyridine rings is 1. The molecule has 53 heavy (non-hydrogen) atoms. The summed E-state index contributed by atoms with van der Waals surface area (Å²) in [6.45, 7) is 0.670. The van der Waals surface area contributed by atoms with Crippen molar-refractivity contribution >= 4 is 69.6 Å². The average molecular weight is 755 g/mol. The van der Waals surface area contributed by atoms with Gasteiger partial charge in [-0.1, -0.05) is 30.3 Å². The van der Waals surface area contributed by atoms with Crippen LogP contribution in [-0.4, -0.2) is 79.1 Å². The number of β-lactam (4-membered cyclic amide) rings is 1. The minimum atomic E-state index is -1.28. The van der Waals surface area contributed by atoms with Gasteiger partial charge in [0.1, 0.15) is 17.1 Å². The van der Waals surface area contributed by atoms with E-state index in [0.29, 0.717) is 30.7 Å². The number of likely N-dealkylation sites (tertiary alicyclic amines) is 1. The van der Waals surface area contributed by atoms with Crippen molar-refractivity contribution in [2.75, 3.05) is 23.4 Å². The Bertz CT molecular complexity index is 2230. The molecule has 1 aromatic heterocycles. The fraction of sp³-hybridized carbons (Fsp3) is 0.211. The van der Waals surface area contributed by atoms with E-state index in [2.05, 4.69) is 10.6 Å². The molecule has 2 saturated heterocycles. The SMILES string of the molecule is O=C(C[n+]1ccc(CN2CC/C(=C\C3=C(C(=O)O)N4C(=O)[C@@H](NC(=O)CSc5ccc6ccccc6c5)[C@H]4SC3)C2=O)cc1)Nc1ccc(O)c(F)c1. The van der Waals surface area contributed by atoms with E-state index in [9.17, 15) is 38.6 Å². The maximum Gasteiger partial charge on any atom is 0.352 e. The van der Waals surface area contributed by atoms with Gasteiger partial charge in [-0.3, -0.25) is 24.1 Å². The molecule has 15 heteroatoms.